The number of pyridine rings is 1. The number of ether oxygens (including phenoxy) is 1. The summed E-state index contributed by atoms with van der Waals surface area (Å²) in [6.45, 7) is 2.03. The van der Waals surface area contributed by atoms with Crippen molar-refractivity contribution < 1.29 is 17.9 Å². The lowest BCUT2D eigenvalue weighted by molar-refractivity contribution is -0.141. The van der Waals surface area contributed by atoms with E-state index in [1.54, 1.807) is 32.5 Å². The molecule has 0 radical (unpaired) electrons. The first kappa shape index (κ1) is 23.9. The number of methoxy groups -OCH3 is 1. The molecule has 0 atom stereocenters. The summed E-state index contributed by atoms with van der Waals surface area (Å²) in [5.41, 5.74) is 4.74. The van der Waals surface area contributed by atoms with Crippen LogP contribution in [0.1, 0.15) is 41.4 Å². The van der Waals surface area contributed by atoms with Crippen LogP contribution in [0.3, 0.4) is 0 Å². The average Bonchev–Trinajstić information content (AvgIpc) is 3.51. The van der Waals surface area contributed by atoms with Gasteiger partial charge in [-0.1, -0.05) is 12.1 Å². The Morgan fingerprint density at radius 3 is 2.58 bits per heavy atom. The van der Waals surface area contributed by atoms with Crippen LogP contribution in [-0.2, 0) is 12.7 Å². The summed E-state index contributed by atoms with van der Waals surface area (Å²) in [4.78, 5) is 21.3. The fraction of sp³-hybridized carbons (Fsp3) is 0.269. The normalized spacial score (nSPS) is 13.7. The van der Waals surface area contributed by atoms with Crippen molar-refractivity contribution in [2.24, 2.45) is 0 Å². The van der Waals surface area contributed by atoms with Gasteiger partial charge in [0.25, 0.3) is 0 Å². The number of benzene rings is 1. The number of rotatable bonds is 7. The largest absolute Gasteiger partial charge is 0.480 e. The fourth-order valence-corrected chi connectivity index (χ4v) is 4.46. The summed E-state index contributed by atoms with van der Waals surface area (Å²) in [5.74, 6) is 1.42. The molecule has 4 heterocycles. The summed E-state index contributed by atoms with van der Waals surface area (Å²) in [6, 6.07) is 10.1. The van der Waals surface area contributed by atoms with Gasteiger partial charge in [-0.25, -0.2) is 24.6 Å². The van der Waals surface area contributed by atoms with E-state index in [0.29, 0.717) is 46.8 Å². The van der Waals surface area contributed by atoms with Gasteiger partial charge in [0.1, 0.15) is 23.4 Å². The maximum Gasteiger partial charge on any atom is 0.435 e. The molecular formula is C26H23F3N8O. The number of anilines is 1. The van der Waals surface area contributed by atoms with Gasteiger partial charge in [0.2, 0.25) is 5.88 Å². The maximum atomic E-state index is 13.0. The van der Waals surface area contributed by atoms with Crippen molar-refractivity contribution in [2.75, 3.05) is 12.4 Å². The molecule has 0 spiro atoms. The van der Waals surface area contributed by atoms with E-state index in [0.717, 1.165) is 41.2 Å². The van der Waals surface area contributed by atoms with Crippen LogP contribution in [-0.4, -0.2) is 41.8 Å². The lowest BCUT2D eigenvalue weighted by Crippen LogP contribution is -2.07. The minimum absolute atomic E-state index is 0.346. The number of aromatic nitrogens is 7. The Labute approximate surface area is 215 Å². The fourth-order valence-electron chi connectivity index (χ4n) is 4.46. The minimum Gasteiger partial charge on any atom is -0.480 e. The van der Waals surface area contributed by atoms with E-state index >= 15 is 0 Å². The Morgan fingerprint density at radius 2 is 1.89 bits per heavy atom. The maximum absolute atomic E-state index is 13.0. The van der Waals surface area contributed by atoms with Crippen LogP contribution < -0.4 is 10.1 Å². The molecular weight excluding hydrogens is 497 g/mol. The molecule has 1 saturated carbocycles. The highest BCUT2D eigenvalue weighted by atomic mass is 19.4. The number of alkyl halides is 3. The van der Waals surface area contributed by atoms with Gasteiger partial charge in [-0.05, 0) is 43.5 Å². The SMILES string of the molecule is COc1ncnc(C2CC2)c1-c1nc(NCc2ccc(-n3nc(C(F)(F)F)cc3C)cc2)cc2[nH]cnc12. The lowest BCUT2D eigenvalue weighted by atomic mass is 10.1. The van der Waals surface area contributed by atoms with Crippen LogP contribution >= 0.6 is 0 Å². The van der Waals surface area contributed by atoms with E-state index in [9.17, 15) is 13.2 Å². The summed E-state index contributed by atoms with van der Waals surface area (Å²) < 4.78 is 46.0. The number of fused-ring (bicyclic) bond motifs is 1. The highest BCUT2D eigenvalue weighted by molar-refractivity contribution is 5.93. The monoisotopic (exact) mass is 520 g/mol. The standard InChI is InChI=1S/C26H23F3N8O/c1-14-9-19(26(27,28)29)36-37(14)17-7-3-15(4-8-17)11-30-20-10-18-23(33-12-31-18)24(35-20)21-22(16-5-6-16)32-13-34-25(21)38-2/h3-4,7-10,12-13,16H,5-6,11H2,1-2H3,(H,30,35)(H,31,33). The van der Waals surface area contributed by atoms with Gasteiger partial charge in [-0.15, -0.1) is 0 Å². The molecule has 5 aromatic rings. The smallest absolute Gasteiger partial charge is 0.435 e. The minimum atomic E-state index is -4.49. The van der Waals surface area contributed by atoms with Gasteiger partial charge < -0.3 is 15.0 Å². The highest BCUT2D eigenvalue weighted by Crippen LogP contribution is 2.46. The van der Waals surface area contributed by atoms with E-state index in [4.69, 9.17) is 9.72 Å². The molecule has 0 aliphatic heterocycles. The van der Waals surface area contributed by atoms with E-state index in [1.807, 2.05) is 18.2 Å². The van der Waals surface area contributed by atoms with Gasteiger partial charge >= 0.3 is 6.18 Å². The van der Waals surface area contributed by atoms with Crippen molar-refractivity contribution >= 4 is 16.9 Å². The molecule has 0 bridgehead atoms. The van der Waals surface area contributed by atoms with Crippen LogP contribution in [0.2, 0.25) is 0 Å². The van der Waals surface area contributed by atoms with Crippen molar-refractivity contribution in [3.8, 4) is 22.8 Å². The Bertz CT molecular complexity index is 1620. The number of aromatic amines is 1. The zero-order valence-electron chi connectivity index (χ0n) is 20.5. The highest BCUT2D eigenvalue weighted by Gasteiger charge is 2.34. The van der Waals surface area contributed by atoms with Crippen LogP contribution in [0.25, 0.3) is 28.0 Å². The predicted octanol–water partition coefficient (Wildman–Crippen LogP) is 5.43. The quantitative estimate of drug-likeness (QED) is 0.295. The van der Waals surface area contributed by atoms with Crippen LogP contribution in [0.15, 0.2) is 49.1 Å². The van der Waals surface area contributed by atoms with Crippen molar-refractivity contribution in [1.29, 1.82) is 0 Å². The molecule has 0 amide bonds. The molecule has 9 nitrogen and oxygen atoms in total. The second kappa shape index (κ2) is 9.12. The average molecular weight is 521 g/mol. The van der Waals surface area contributed by atoms with E-state index in [-0.39, 0.29) is 0 Å². The molecule has 12 heteroatoms. The molecule has 4 aromatic heterocycles. The second-order valence-electron chi connectivity index (χ2n) is 9.17. The number of hydrogen-bond acceptors (Lipinski definition) is 7. The first-order valence-corrected chi connectivity index (χ1v) is 12.0. The third kappa shape index (κ3) is 4.42. The zero-order chi connectivity index (χ0) is 26.4. The molecule has 0 saturated heterocycles. The summed E-state index contributed by atoms with van der Waals surface area (Å²) >= 11 is 0. The van der Waals surface area contributed by atoms with Crippen LogP contribution in [0.4, 0.5) is 19.0 Å². The number of nitrogens with one attached hydrogen (secondary N) is 2. The molecule has 1 aliphatic rings. The molecule has 194 valence electrons. The Hall–Kier alpha value is -4.48. The number of aryl methyl sites for hydroxylation is 1. The summed E-state index contributed by atoms with van der Waals surface area (Å²) in [7, 11) is 1.57. The van der Waals surface area contributed by atoms with Crippen molar-refractivity contribution in [2.45, 2.75) is 38.4 Å². The van der Waals surface area contributed by atoms with E-state index in [2.05, 4.69) is 30.4 Å². The Morgan fingerprint density at radius 1 is 1.11 bits per heavy atom. The van der Waals surface area contributed by atoms with Gasteiger partial charge in [-0.3, -0.25) is 0 Å². The molecule has 0 unspecified atom stereocenters. The number of nitrogens with zero attached hydrogens (tertiary/aromatic N) is 6. The van der Waals surface area contributed by atoms with E-state index < -0.39 is 11.9 Å². The van der Waals surface area contributed by atoms with Gasteiger partial charge in [0, 0.05) is 24.2 Å². The summed E-state index contributed by atoms with van der Waals surface area (Å²) in [5, 5.41) is 7.05. The molecule has 6 rings (SSSR count). The van der Waals surface area contributed by atoms with Gasteiger partial charge in [-0.2, -0.15) is 18.3 Å². The van der Waals surface area contributed by atoms with Gasteiger partial charge in [0.05, 0.1) is 35.9 Å². The topological polar surface area (TPSA) is 106 Å². The number of imidazole rings is 1. The predicted molar refractivity (Wildman–Crippen MR) is 134 cm³/mol. The third-order valence-electron chi connectivity index (χ3n) is 6.47. The van der Waals surface area contributed by atoms with Crippen LogP contribution in [0, 0.1) is 6.92 Å². The zero-order valence-corrected chi connectivity index (χ0v) is 20.5. The number of H-pyrrole nitrogens is 1. The first-order valence-electron chi connectivity index (χ1n) is 12.0. The Balaban J connectivity index is 1.28. The lowest BCUT2D eigenvalue weighted by Gasteiger charge is -2.14. The van der Waals surface area contributed by atoms with Gasteiger partial charge in [0.15, 0.2) is 5.69 Å². The molecule has 38 heavy (non-hydrogen) atoms. The summed E-state index contributed by atoms with van der Waals surface area (Å²) in [6.07, 6.45) is 0.753. The van der Waals surface area contributed by atoms with Crippen molar-refractivity contribution in [1.82, 2.24) is 34.7 Å². The third-order valence-corrected chi connectivity index (χ3v) is 6.47. The van der Waals surface area contributed by atoms with Crippen LogP contribution in [0.5, 0.6) is 5.88 Å². The number of halogens is 3. The Kier molecular flexibility index (Phi) is 5.73. The van der Waals surface area contributed by atoms with E-state index in [1.165, 1.54) is 11.0 Å². The molecule has 2 N–H and O–H groups in total. The molecule has 1 aromatic carbocycles. The van der Waals surface area contributed by atoms with Crippen molar-refractivity contribution in [3.63, 3.8) is 0 Å². The molecule has 1 aliphatic carbocycles. The second-order valence-corrected chi connectivity index (χ2v) is 9.17. The first-order chi connectivity index (χ1) is 18.3. The van der Waals surface area contributed by atoms with Crippen molar-refractivity contribution in [3.05, 3.63) is 71.7 Å². The number of hydrogen-bond donors (Lipinski definition) is 2. The molecule has 1 fully saturated rings.